The minimum atomic E-state index is -0.799. The van der Waals surface area contributed by atoms with Crippen LogP contribution in [0.5, 0.6) is 0 Å². The van der Waals surface area contributed by atoms with Crippen molar-refractivity contribution in [1.29, 1.82) is 0 Å². The van der Waals surface area contributed by atoms with Crippen molar-refractivity contribution in [3.8, 4) is 11.3 Å². The fourth-order valence-electron chi connectivity index (χ4n) is 3.32. The molecule has 0 saturated carbocycles. The van der Waals surface area contributed by atoms with Crippen LogP contribution in [0.15, 0.2) is 63.0 Å². The molecule has 0 spiro atoms. The first kappa shape index (κ1) is 21.1. The van der Waals surface area contributed by atoms with Crippen molar-refractivity contribution in [3.05, 3.63) is 80.5 Å². The van der Waals surface area contributed by atoms with E-state index in [1.807, 2.05) is 13.0 Å². The molecule has 0 atom stereocenters. The highest BCUT2D eigenvalue weighted by Crippen LogP contribution is 2.30. The molecule has 4 rings (SSSR count). The summed E-state index contributed by atoms with van der Waals surface area (Å²) in [6, 6.07) is 13.2. The Morgan fingerprint density at radius 2 is 1.77 bits per heavy atom. The number of halogens is 2. The number of amides is 4. The molecule has 1 aliphatic heterocycles. The van der Waals surface area contributed by atoms with Gasteiger partial charge >= 0.3 is 6.03 Å². The van der Waals surface area contributed by atoms with Crippen LogP contribution in [0.3, 0.4) is 0 Å². The van der Waals surface area contributed by atoms with Crippen LogP contribution in [0.25, 0.3) is 17.4 Å². The zero-order chi connectivity index (χ0) is 22.3. The van der Waals surface area contributed by atoms with Crippen LogP contribution in [0.2, 0.25) is 5.02 Å². The Morgan fingerprint density at radius 1 is 1.00 bits per heavy atom. The Labute approximate surface area is 191 Å². The zero-order valence-corrected chi connectivity index (χ0v) is 18.9. The van der Waals surface area contributed by atoms with Crippen molar-refractivity contribution in [1.82, 2.24) is 5.32 Å². The average Bonchev–Trinajstić information content (AvgIpc) is 3.17. The highest BCUT2D eigenvalue weighted by atomic mass is 79.9. The molecule has 2 heterocycles. The van der Waals surface area contributed by atoms with Crippen LogP contribution < -0.4 is 10.2 Å². The Hall–Kier alpha value is -3.16. The molecule has 3 aromatic rings. The van der Waals surface area contributed by atoms with Crippen LogP contribution in [-0.2, 0) is 9.59 Å². The van der Waals surface area contributed by atoms with E-state index in [4.69, 9.17) is 16.0 Å². The lowest BCUT2D eigenvalue weighted by Gasteiger charge is -2.27. The molecule has 1 fully saturated rings. The molecule has 2 aromatic carbocycles. The van der Waals surface area contributed by atoms with Crippen LogP contribution in [0.1, 0.15) is 16.9 Å². The summed E-state index contributed by atoms with van der Waals surface area (Å²) in [6.45, 7) is 3.70. The lowest BCUT2D eigenvalue weighted by molar-refractivity contribution is -0.122. The summed E-state index contributed by atoms with van der Waals surface area (Å²) in [7, 11) is 0. The first-order chi connectivity index (χ1) is 14.7. The maximum atomic E-state index is 13.1. The number of hydrogen-bond acceptors (Lipinski definition) is 4. The summed E-state index contributed by atoms with van der Waals surface area (Å²) in [4.78, 5) is 38.8. The Morgan fingerprint density at radius 3 is 2.52 bits per heavy atom. The van der Waals surface area contributed by atoms with Crippen LogP contribution >= 0.6 is 27.5 Å². The minimum Gasteiger partial charge on any atom is -0.457 e. The van der Waals surface area contributed by atoms with Gasteiger partial charge in [-0.05, 0) is 73.5 Å². The molecule has 1 saturated heterocycles. The lowest BCUT2D eigenvalue weighted by atomic mass is 10.1. The van der Waals surface area contributed by atoms with E-state index in [9.17, 15) is 14.4 Å². The van der Waals surface area contributed by atoms with Gasteiger partial charge in [-0.1, -0.05) is 33.6 Å². The number of urea groups is 1. The molecule has 6 nitrogen and oxygen atoms in total. The van der Waals surface area contributed by atoms with Crippen LogP contribution in [0, 0.1) is 13.8 Å². The van der Waals surface area contributed by atoms with E-state index >= 15 is 0 Å². The van der Waals surface area contributed by atoms with Gasteiger partial charge in [0.25, 0.3) is 11.8 Å². The normalized spacial score (nSPS) is 15.5. The number of nitrogens with one attached hydrogen (secondary N) is 1. The number of carbonyl (C=O) groups is 3. The first-order valence-electron chi connectivity index (χ1n) is 9.28. The monoisotopic (exact) mass is 498 g/mol. The third-order valence-electron chi connectivity index (χ3n) is 4.88. The highest BCUT2D eigenvalue weighted by Gasteiger charge is 2.37. The van der Waals surface area contributed by atoms with Gasteiger partial charge in [-0.15, -0.1) is 0 Å². The van der Waals surface area contributed by atoms with Gasteiger partial charge < -0.3 is 4.42 Å². The summed E-state index contributed by atoms with van der Waals surface area (Å²) in [5.41, 5.74) is 2.65. The number of imide groups is 2. The molecule has 4 amide bonds. The van der Waals surface area contributed by atoms with E-state index in [1.165, 1.54) is 6.08 Å². The largest absolute Gasteiger partial charge is 0.457 e. The number of carbonyl (C=O) groups excluding carboxylic acids is 3. The molecule has 0 radical (unpaired) electrons. The number of benzene rings is 2. The number of aryl methyl sites for hydroxylation is 2. The average molecular weight is 500 g/mol. The second-order valence-electron chi connectivity index (χ2n) is 7.05. The second kappa shape index (κ2) is 8.17. The molecule has 0 bridgehead atoms. The van der Waals surface area contributed by atoms with Gasteiger partial charge in [-0.3, -0.25) is 14.9 Å². The van der Waals surface area contributed by atoms with Gasteiger partial charge in [0.15, 0.2) is 0 Å². The molecule has 1 aromatic heterocycles. The van der Waals surface area contributed by atoms with E-state index in [0.29, 0.717) is 27.8 Å². The molecule has 0 aliphatic carbocycles. The molecule has 156 valence electrons. The van der Waals surface area contributed by atoms with E-state index in [1.54, 1.807) is 49.4 Å². The second-order valence-corrected chi connectivity index (χ2v) is 8.40. The Bertz CT molecular complexity index is 1280. The number of nitrogens with zero attached hydrogens (tertiary/aromatic N) is 1. The third kappa shape index (κ3) is 4.06. The summed E-state index contributed by atoms with van der Waals surface area (Å²) < 4.78 is 6.65. The fourth-order valence-corrected chi connectivity index (χ4v) is 3.97. The van der Waals surface area contributed by atoms with Crippen molar-refractivity contribution < 1.29 is 18.8 Å². The number of rotatable bonds is 3. The highest BCUT2D eigenvalue weighted by molar-refractivity contribution is 9.10. The van der Waals surface area contributed by atoms with Crippen molar-refractivity contribution in [2.75, 3.05) is 4.90 Å². The SMILES string of the molecule is Cc1ccc(Cl)cc1-c1ccc(C=C2C(=O)NC(=O)N(c3ccc(Br)cc3C)C2=O)o1. The molecule has 0 unspecified atom stereocenters. The smallest absolute Gasteiger partial charge is 0.335 e. The van der Waals surface area contributed by atoms with Gasteiger partial charge in [0.1, 0.15) is 17.1 Å². The minimum absolute atomic E-state index is 0.203. The molecule has 8 heteroatoms. The Balaban J connectivity index is 1.71. The number of anilines is 1. The van der Waals surface area contributed by atoms with Crippen molar-refractivity contribution in [2.45, 2.75) is 13.8 Å². The van der Waals surface area contributed by atoms with Crippen LogP contribution in [-0.4, -0.2) is 17.8 Å². The quantitative estimate of drug-likeness (QED) is 0.373. The van der Waals surface area contributed by atoms with Crippen molar-refractivity contribution in [2.24, 2.45) is 0 Å². The maximum absolute atomic E-state index is 13.1. The molecular weight excluding hydrogens is 484 g/mol. The molecular formula is C23H16BrClN2O4. The van der Waals surface area contributed by atoms with E-state index in [-0.39, 0.29) is 5.57 Å². The van der Waals surface area contributed by atoms with Gasteiger partial charge in [-0.25, -0.2) is 9.69 Å². The van der Waals surface area contributed by atoms with Gasteiger partial charge in [0, 0.05) is 15.1 Å². The number of furan rings is 1. The molecule has 1 aliphatic rings. The van der Waals surface area contributed by atoms with Gasteiger partial charge in [0.2, 0.25) is 0 Å². The maximum Gasteiger partial charge on any atom is 0.335 e. The summed E-state index contributed by atoms with van der Waals surface area (Å²) in [5, 5.41) is 2.78. The van der Waals surface area contributed by atoms with Crippen molar-refractivity contribution in [3.63, 3.8) is 0 Å². The zero-order valence-electron chi connectivity index (χ0n) is 16.5. The summed E-state index contributed by atoms with van der Waals surface area (Å²) in [5.74, 6) is -0.657. The molecule has 31 heavy (non-hydrogen) atoms. The lowest BCUT2D eigenvalue weighted by Crippen LogP contribution is -2.54. The summed E-state index contributed by atoms with van der Waals surface area (Å²) in [6.07, 6.45) is 1.33. The van der Waals surface area contributed by atoms with Crippen LogP contribution in [0.4, 0.5) is 10.5 Å². The Kier molecular flexibility index (Phi) is 5.56. The predicted molar refractivity (Wildman–Crippen MR) is 122 cm³/mol. The number of barbiturate groups is 1. The topological polar surface area (TPSA) is 79.6 Å². The van der Waals surface area contributed by atoms with Crippen molar-refractivity contribution >= 4 is 57.1 Å². The van der Waals surface area contributed by atoms with Gasteiger partial charge in [0.05, 0.1) is 5.69 Å². The van der Waals surface area contributed by atoms with E-state index < -0.39 is 17.8 Å². The van der Waals surface area contributed by atoms with E-state index in [2.05, 4.69) is 21.2 Å². The van der Waals surface area contributed by atoms with Gasteiger partial charge in [-0.2, -0.15) is 0 Å². The fraction of sp³-hybridized carbons (Fsp3) is 0.0870. The molecule has 1 N–H and O–H groups in total. The summed E-state index contributed by atoms with van der Waals surface area (Å²) >= 11 is 9.44. The standard InChI is InChI=1S/C23H16BrClN2O4/c1-12-3-5-15(25)10-17(12)20-8-6-16(31-20)11-18-21(28)26-23(30)27(22(18)29)19-7-4-14(24)9-13(19)2/h3-11H,1-2H3,(H,26,28,30). The van der Waals surface area contributed by atoms with E-state index in [0.717, 1.165) is 20.5 Å². The predicted octanol–water partition coefficient (Wildman–Crippen LogP) is 5.65. The number of hydrogen-bond donors (Lipinski definition) is 1. The third-order valence-corrected chi connectivity index (χ3v) is 5.61. The first-order valence-corrected chi connectivity index (χ1v) is 10.5.